The maximum Gasteiger partial charge on any atom is 0.304 e. The third-order valence-electron chi connectivity index (χ3n) is 0.751. The highest BCUT2D eigenvalue weighted by Gasteiger charge is 2.19. The van der Waals surface area contributed by atoms with Crippen molar-refractivity contribution >= 4 is 16.1 Å². The van der Waals surface area contributed by atoms with Crippen molar-refractivity contribution in [3.63, 3.8) is 0 Å². The first-order chi connectivity index (χ1) is 4.34. The van der Waals surface area contributed by atoms with E-state index in [4.69, 9.17) is 4.55 Å². The molecule has 0 radical (unpaired) electrons. The largest absolute Gasteiger partial charge is 0.444 e. The summed E-state index contributed by atoms with van der Waals surface area (Å²) < 4.78 is 32.7. The van der Waals surface area contributed by atoms with Crippen molar-refractivity contribution in [1.82, 2.24) is 0 Å². The molecule has 0 aliphatic heterocycles. The normalized spacial score (nSPS) is 14.3. The van der Waals surface area contributed by atoms with Gasteiger partial charge in [-0.2, -0.15) is 8.42 Å². The second-order valence-corrected chi connectivity index (χ2v) is 3.39. The first-order valence-corrected chi connectivity index (χ1v) is 3.98. The molecule has 0 aromatic carbocycles. The van der Waals surface area contributed by atoms with Crippen LogP contribution in [0, 0.1) is 0 Å². The molecule has 0 aromatic rings. The summed E-state index contributed by atoms with van der Waals surface area (Å²) in [6.45, 7) is 2.12. The summed E-state index contributed by atoms with van der Waals surface area (Å²) in [6.07, 6.45) is 0. The van der Waals surface area contributed by atoms with E-state index in [1.54, 1.807) is 0 Å². The van der Waals surface area contributed by atoms with E-state index in [0.717, 1.165) is 13.8 Å². The average Bonchev–Trinajstić information content (AvgIpc) is 1.60. The van der Waals surface area contributed by atoms with Crippen molar-refractivity contribution in [2.45, 2.75) is 19.3 Å². The van der Waals surface area contributed by atoms with Gasteiger partial charge in [-0.3, -0.25) is 9.35 Å². The van der Waals surface area contributed by atoms with Crippen LogP contribution in [0.1, 0.15) is 13.8 Å². The maximum absolute atomic E-state index is 10.1. The van der Waals surface area contributed by atoms with Crippen LogP contribution in [0.3, 0.4) is 0 Å². The molecule has 0 bridgehead atoms. The van der Waals surface area contributed by atoms with Crippen molar-refractivity contribution in [1.29, 1.82) is 0 Å². The Morgan fingerprint density at radius 2 is 2.00 bits per heavy atom. The zero-order chi connectivity index (χ0) is 8.36. The Labute approximate surface area is 58.7 Å². The summed E-state index contributed by atoms with van der Waals surface area (Å²) in [6, 6.07) is 0. The molecular weight excluding hydrogens is 160 g/mol. The summed E-state index contributed by atoms with van der Waals surface area (Å²) >= 11 is 0. The Hall–Kier alpha value is -0.620. The molecule has 0 aromatic heterocycles. The number of carbonyl (C=O) groups excluding carboxylic acids is 1. The molecule has 0 saturated heterocycles. The molecule has 0 aliphatic rings. The molecule has 0 aliphatic carbocycles. The molecule has 5 nitrogen and oxygen atoms in total. The van der Waals surface area contributed by atoms with Crippen LogP contribution in [0.25, 0.3) is 0 Å². The fourth-order valence-electron chi connectivity index (χ4n) is 0.295. The molecule has 0 amide bonds. The lowest BCUT2D eigenvalue weighted by molar-refractivity contribution is -0.142. The van der Waals surface area contributed by atoms with Crippen LogP contribution in [0.15, 0.2) is 0 Å². The minimum absolute atomic E-state index is 0.745. The van der Waals surface area contributed by atoms with Crippen LogP contribution in [0.4, 0.5) is 0 Å². The highest BCUT2D eigenvalue weighted by atomic mass is 32.2. The summed E-state index contributed by atoms with van der Waals surface area (Å²) in [4.78, 5) is 10.1. The average molecular weight is 168 g/mol. The highest BCUT2D eigenvalue weighted by molar-refractivity contribution is 7.86. The van der Waals surface area contributed by atoms with Gasteiger partial charge in [0.1, 0.15) is 0 Å². The molecule has 1 atom stereocenters. The zero-order valence-corrected chi connectivity index (χ0v) is 6.38. The molecule has 0 rings (SSSR count). The second-order valence-electron chi connectivity index (χ2n) is 1.69. The molecule has 1 N–H and O–H groups in total. The SMILES string of the molecule is CC(=O)OC(C)S(=O)(=O)O. The number of hydrogen-bond donors (Lipinski definition) is 1. The molecule has 10 heavy (non-hydrogen) atoms. The topological polar surface area (TPSA) is 80.7 Å². The summed E-state index contributed by atoms with van der Waals surface area (Å²) in [5, 5.41) is 0. The van der Waals surface area contributed by atoms with Gasteiger partial charge in [-0.25, -0.2) is 0 Å². The molecule has 0 fully saturated rings. The highest BCUT2D eigenvalue weighted by Crippen LogP contribution is 1.98. The van der Waals surface area contributed by atoms with Gasteiger partial charge in [-0.15, -0.1) is 0 Å². The predicted molar refractivity (Wildman–Crippen MR) is 32.8 cm³/mol. The van der Waals surface area contributed by atoms with E-state index < -0.39 is 21.5 Å². The van der Waals surface area contributed by atoms with Gasteiger partial charge >= 0.3 is 16.1 Å². The van der Waals surface area contributed by atoms with Gasteiger partial charge in [0.2, 0.25) is 5.44 Å². The summed E-state index contributed by atoms with van der Waals surface area (Å²) in [7, 11) is -4.24. The Bertz CT molecular complexity index is 216. The monoisotopic (exact) mass is 168 g/mol. The Kier molecular flexibility index (Phi) is 2.79. The number of hydrogen-bond acceptors (Lipinski definition) is 4. The Morgan fingerprint density at radius 3 is 2.10 bits per heavy atom. The Balaban J connectivity index is 4.12. The lowest BCUT2D eigenvalue weighted by atomic mass is 10.8. The van der Waals surface area contributed by atoms with Gasteiger partial charge in [0.05, 0.1) is 0 Å². The second kappa shape index (κ2) is 2.98. The number of esters is 1. The van der Waals surface area contributed by atoms with E-state index in [9.17, 15) is 13.2 Å². The van der Waals surface area contributed by atoms with Crippen LogP contribution in [0.5, 0.6) is 0 Å². The maximum atomic E-state index is 10.1. The molecule has 1 unspecified atom stereocenters. The third kappa shape index (κ3) is 3.41. The fraction of sp³-hybridized carbons (Fsp3) is 0.750. The standard InChI is InChI=1S/C4H8O5S/c1-3(5)9-4(2)10(6,7)8/h4H,1-2H3,(H,6,7,8). The molecule has 6 heteroatoms. The minimum atomic E-state index is -4.24. The smallest absolute Gasteiger partial charge is 0.304 e. The molecule has 0 heterocycles. The number of ether oxygens (including phenoxy) is 1. The fourth-order valence-corrected chi connectivity index (χ4v) is 0.552. The lowest BCUT2D eigenvalue weighted by Gasteiger charge is -2.06. The minimum Gasteiger partial charge on any atom is -0.444 e. The van der Waals surface area contributed by atoms with Gasteiger partial charge in [-0.05, 0) is 6.92 Å². The van der Waals surface area contributed by atoms with Crippen molar-refractivity contribution in [2.24, 2.45) is 0 Å². The van der Waals surface area contributed by atoms with E-state index in [2.05, 4.69) is 4.74 Å². The van der Waals surface area contributed by atoms with Gasteiger partial charge in [-0.1, -0.05) is 0 Å². The summed E-state index contributed by atoms with van der Waals surface area (Å²) in [5.41, 5.74) is -1.48. The first kappa shape index (κ1) is 9.38. The molecular formula is C4H8O5S. The van der Waals surface area contributed by atoms with Crippen molar-refractivity contribution in [3.8, 4) is 0 Å². The van der Waals surface area contributed by atoms with E-state index in [1.165, 1.54) is 0 Å². The number of carbonyl (C=O) groups is 1. The quantitative estimate of drug-likeness (QED) is 0.455. The van der Waals surface area contributed by atoms with E-state index in [1.807, 2.05) is 0 Å². The van der Waals surface area contributed by atoms with Crippen molar-refractivity contribution in [2.75, 3.05) is 0 Å². The van der Waals surface area contributed by atoms with Crippen LogP contribution < -0.4 is 0 Å². The zero-order valence-electron chi connectivity index (χ0n) is 5.57. The van der Waals surface area contributed by atoms with Gasteiger partial charge in [0.25, 0.3) is 0 Å². The van der Waals surface area contributed by atoms with Gasteiger partial charge < -0.3 is 4.74 Å². The molecule has 0 saturated carbocycles. The van der Waals surface area contributed by atoms with Crippen LogP contribution in [-0.4, -0.2) is 24.4 Å². The third-order valence-corrected chi connectivity index (χ3v) is 1.69. The van der Waals surface area contributed by atoms with Crippen molar-refractivity contribution in [3.05, 3.63) is 0 Å². The lowest BCUT2D eigenvalue weighted by Crippen LogP contribution is -2.22. The van der Waals surface area contributed by atoms with Gasteiger partial charge in [0, 0.05) is 6.92 Å². The first-order valence-electron chi connectivity index (χ1n) is 2.47. The van der Waals surface area contributed by atoms with E-state index in [0.29, 0.717) is 0 Å². The molecule has 0 spiro atoms. The predicted octanol–water partition coefficient (Wildman–Crippen LogP) is -0.217. The van der Waals surface area contributed by atoms with Crippen LogP contribution >= 0.6 is 0 Å². The van der Waals surface area contributed by atoms with Crippen LogP contribution in [0.2, 0.25) is 0 Å². The van der Waals surface area contributed by atoms with Crippen LogP contribution in [-0.2, 0) is 19.6 Å². The van der Waals surface area contributed by atoms with E-state index in [-0.39, 0.29) is 0 Å². The number of rotatable bonds is 2. The molecule has 60 valence electrons. The van der Waals surface area contributed by atoms with Gasteiger partial charge in [0.15, 0.2) is 0 Å². The van der Waals surface area contributed by atoms with E-state index >= 15 is 0 Å². The Morgan fingerprint density at radius 1 is 1.60 bits per heavy atom. The van der Waals surface area contributed by atoms with Crippen molar-refractivity contribution < 1.29 is 22.5 Å². The summed E-state index contributed by atoms with van der Waals surface area (Å²) in [5.74, 6) is -0.745.